The number of hydrogen-bond acceptors (Lipinski definition) is 2. The van der Waals surface area contributed by atoms with E-state index >= 15 is 0 Å². The highest BCUT2D eigenvalue weighted by Crippen LogP contribution is 2.22. The number of carbonyl (C=O) groups is 1. The van der Waals surface area contributed by atoms with E-state index in [0.717, 1.165) is 18.6 Å². The van der Waals surface area contributed by atoms with Gasteiger partial charge in [-0.05, 0) is 25.8 Å². The molecule has 0 N–H and O–H groups in total. The van der Waals surface area contributed by atoms with E-state index in [1.54, 1.807) is 0 Å². The van der Waals surface area contributed by atoms with Gasteiger partial charge in [-0.15, -0.1) is 0 Å². The van der Waals surface area contributed by atoms with Crippen LogP contribution in [0.4, 0.5) is 0 Å². The molecule has 1 aliphatic heterocycles. The first-order valence-corrected chi connectivity index (χ1v) is 5.86. The van der Waals surface area contributed by atoms with Crippen molar-refractivity contribution in [2.24, 2.45) is 5.92 Å². The summed E-state index contributed by atoms with van der Waals surface area (Å²) >= 11 is 0. The molecule has 2 rings (SSSR count). The zero-order valence-electron chi connectivity index (χ0n) is 9.90. The highest BCUT2D eigenvalue weighted by atomic mass is 16.5. The molecule has 0 saturated carbocycles. The quantitative estimate of drug-likeness (QED) is 0.779. The summed E-state index contributed by atoms with van der Waals surface area (Å²) in [6.07, 6.45) is 1.52. The summed E-state index contributed by atoms with van der Waals surface area (Å²) in [7, 11) is 0. The highest BCUT2D eigenvalue weighted by Gasteiger charge is 2.30. The first kappa shape index (κ1) is 11.3. The molecule has 0 bridgehead atoms. The number of Topliss-reactive ketones (excluding diaryl/α,β-unsaturated/α-hetero) is 1. The second-order valence-electron chi connectivity index (χ2n) is 4.60. The second kappa shape index (κ2) is 4.79. The van der Waals surface area contributed by atoms with Crippen LogP contribution in [0, 0.1) is 12.8 Å². The molecule has 0 aromatic heterocycles. The van der Waals surface area contributed by atoms with Gasteiger partial charge in [-0.2, -0.15) is 0 Å². The molecule has 0 amide bonds. The SMILES string of the molecule is Cc1ccc(CC(=O)C2CCOC2C)cc1. The average molecular weight is 218 g/mol. The highest BCUT2D eigenvalue weighted by molar-refractivity contribution is 5.84. The van der Waals surface area contributed by atoms with Gasteiger partial charge >= 0.3 is 0 Å². The monoisotopic (exact) mass is 218 g/mol. The maximum atomic E-state index is 12.0. The number of hydrogen-bond donors (Lipinski definition) is 0. The molecule has 0 radical (unpaired) electrons. The zero-order valence-corrected chi connectivity index (χ0v) is 9.90. The smallest absolute Gasteiger partial charge is 0.142 e. The lowest BCUT2D eigenvalue weighted by molar-refractivity contribution is -0.123. The minimum absolute atomic E-state index is 0.0953. The summed E-state index contributed by atoms with van der Waals surface area (Å²) in [6, 6.07) is 8.18. The summed E-state index contributed by atoms with van der Waals surface area (Å²) in [5.74, 6) is 0.412. The molecular formula is C14H18O2. The largest absolute Gasteiger partial charge is 0.378 e. The molecule has 1 aromatic rings. The molecule has 1 fully saturated rings. The number of rotatable bonds is 3. The van der Waals surface area contributed by atoms with E-state index < -0.39 is 0 Å². The van der Waals surface area contributed by atoms with Crippen molar-refractivity contribution < 1.29 is 9.53 Å². The van der Waals surface area contributed by atoms with Crippen molar-refractivity contribution >= 4 is 5.78 Å². The molecule has 16 heavy (non-hydrogen) atoms. The van der Waals surface area contributed by atoms with Crippen LogP contribution in [-0.2, 0) is 16.0 Å². The van der Waals surface area contributed by atoms with Crippen molar-refractivity contribution in [1.29, 1.82) is 0 Å². The van der Waals surface area contributed by atoms with Crippen molar-refractivity contribution in [3.63, 3.8) is 0 Å². The molecule has 0 aliphatic carbocycles. The molecule has 2 unspecified atom stereocenters. The third-order valence-electron chi connectivity index (χ3n) is 3.29. The third kappa shape index (κ3) is 2.50. The van der Waals surface area contributed by atoms with Crippen molar-refractivity contribution in [2.75, 3.05) is 6.61 Å². The maximum Gasteiger partial charge on any atom is 0.142 e. The van der Waals surface area contributed by atoms with E-state index in [0.29, 0.717) is 12.2 Å². The standard InChI is InChI=1S/C14H18O2/c1-10-3-5-12(6-4-10)9-14(15)13-7-8-16-11(13)2/h3-6,11,13H,7-9H2,1-2H3. The lowest BCUT2D eigenvalue weighted by atomic mass is 9.93. The maximum absolute atomic E-state index is 12.0. The molecule has 0 spiro atoms. The second-order valence-corrected chi connectivity index (χ2v) is 4.60. The van der Waals surface area contributed by atoms with Crippen LogP contribution in [-0.4, -0.2) is 18.5 Å². The lowest BCUT2D eigenvalue weighted by Crippen LogP contribution is -2.23. The Hall–Kier alpha value is -1.15. The van der Waals surface area contributed by atoms with Gasteiger partial charge in [0.15, 0.2) is 0 Å². The first-order valence-electron chi connectivity index (χ1n) is 5.86. The van der Waals surface area contributed by atoms with Crippen LogP contribution in [0.5, 0.6) is 0 Å². The Kier molecular flexibility index (Phi) is 3.39. The van der Waals surface area contributed by atoms with Crippen LogP contribution in [0.15, 0.2) is 24.3 Å². The Morgan fingerprint density at radius 2 is 2.06 bits per heavy atom. The van der Waals surface area contributed by atoms with Gasteiger partial charge in [0.2, 0.25) is 0 Å². The fourth-order valence-corrected chi connectivity index (χ4v) is 2.19. The number of aryl methyl sites for hydroxylation is 1. The molecule has 2 nitrogen and oxygen atoms in total. The molecule has 2 heteroatoms. The van der Waals surface area contributed by atoms with Gasteiger partial charge in [0.1, 0.15) is 5.78 Å². The normalized spacial score (nSPS) is 24.6. The molecule has 86 valence electrons. The third-order valence-corrected chi connectivity index (χ3v) is 3.29. The minimum atomic E-state index is 0.0953. The van der Waals surface area contributed by atoms with Crippen LogP contribution in [0.2, 0.25) is 0 Å². The van der Waals surface area contributed by atoms with Crippen LogP contribution in [0.1, 0.15) is 24.5 Å². The molecule has 1 saturated heterocycles. The van der Waals surface area contributed by atoms with Crippen molar-refractivity contribution in [3.05, 3.63) is 35.4 Å². The lowest BCUT2D eigenvalue weighted by Gasteiger charge is -2.12. The summed E-state index contributed by atoms with van der Waals surface area (Å²) in [4.78, 5) is 12.0. The first-order chi connectivity index (χ1) is 7.66. The molecule has 1 aliphatic rings. The van der Waals surface area contributed by atoms with Crippen molar-refractivity contribution in [3.8, 4) is 0 Å². The Morgan fingerprint density at radius 3 is 2.62 bits per heavy atom. The van der Waals surface area contributed by atoms with Crippen LogP contribution >= 0.6 is 0 Å². The van der Waals surface area contributed by atoms with E-state index in [1.165, 1.54) is 5.56 Å². The zero-order chi connectivity index (χ0) is 11.5. The fourth-order valence-electron chi connectivity index (χ4n) is 2.19. The number of ether oxygens (including phenoxy) is 1. The van der Waals surface area contributed by atoms with Crippen molar-refractivity contribution in [1.82, 2.24) is 0 Å². The predicted molar refractivity (Wildman–Crippen MR) is 63.4 cm³/mol. The Labute approximate surface area is 96.6 Å². The van der Waals surface area contributed by atoms with E-state index in [4.69, 9.17) is 4.74 Å². The van der Waals surface area contributed by atoms with Gasteiger partial charge in [0.25, 0.3) is 0 Å². The molecule has 1 aromatic carbocycles. The summed E-state index contributed by atoms with van der Waals surface area (Å²) in [6.45, 7) is 4.77. The van der Waals surface area contributed by atoms with Gasteiger partial charge in [-0.1, -0.05) is 29.8 Å². The van der Waals surface area contributed by atoms with E-state index in [1.807, 2.05) is 19.1 Å². The number of carbonyl (C=O) groups excluding carboxylic acids is 1. The van der Waals surface area contributed by atoms with Crippen LogP contribution < -0.4 is 0 Å². The molecular weight excluding hydrogens is 200 g/mol. The van der Waals surface area contributed by atoms with Crippen LogP contribution in [0.25, 0.3) is 0 Å². The summed E-state index contributed by atoms with van der Waals surface area (Å²) in [5, 5.41) is 0. The molecule has 2 atom stereocenters. The molecule has 1 heterocycles. The number of ketones is 1. The van der Waals surface area contributed by atoms with Gasteiger partial charge in [0.05, 0.1) is 6.10 Å². The fraction of sp³-hybridized carbons (Fsp3) is 0.500. The van der Waals surface area contributed by atoms with Gasteiger partial charge < -0.3 is 4.74 Å². The average Bonchev–Trinajstić information content (AvgIpc) is 2.68. The van der Waals surface area contributed by atoms with Crippen LogP contribution in [0.3, 0.4) is 0 Å². The van der Waals surface area contributed by atoms with Gasteiger partial charge in [0, 0.05) is 18.9 Å². The summed E-state index contributed by atoms with van der Waals surface area (Å²) in [5.41, 5.74) is 2.34. The Balaban J connectivity index is 1.99. The number of benzene rings is 1. The Bertz CT molecular complexity index is 367. The van der Waals surface area contributed by atoms with E-state index in [9.17, 15) is 4.79 Å². The summed E-state index contributed by atoms with van der Waals surface area (Å²) < 4.78 is 5.42. The van der Waals surface area contributed by atoms with E-state index in [-0.39, 0.29) is 12.0 Å². The van der Waals surface area contributed by atoms with Gasteiger partial charge in [-0.3, -0.25) is 4.79 Å². The minimum Gasteiger partial charge on any atom is -0.378 e. The van der Waals surface area contributed by atoms with Crippen molar-refractivity contribution in [2.45, 2.75) is 32.8 Å². The van der Waals surface area contributed by atoms with E-state index in [2.05, 4.69) is 19.1 Å². The predicted octanol–water partition coefficient (Wildman–Crippen LogP) is 2.53. The topological polar surface area (TPSA) is 26.3 Å². The van der Waals surface area contributed by atoms with Gasteiger partial charge in [-0.25, -0.2) is 0 Å². The Morgan fingerprint density at radius 1 is 1.38 bits per heavy atom.